The van der Waals surface area contributed by atoms with Crippen molar-refractivity contribution < 1.29 is 4.74 Å². The zero-order chi connectivity index (χ0) is 8.82. The summed E-state index contributed by atoms with van der Waals surface area (Å²) in [5.41, 5.74) is 0.823. The third kappa shape index (κ3) is 1.27. The van der Waals surface area contributed by atoms with Gasteiger partial charge in [0.25, 0.3) is 0 Å². The molecule has 1 spiro atoms. The average molecular weight is 169 g/mol. The van der Waals surface area contributed by atoms with Crippen molar-refractivity contribution in [1.82, 2.24) is 5.32 Å². The van der Waals surface area contributed by atoms with E-state index < -0.39 is 0 Å². The second kappa shape index (κ2) is 2.46. The minimum atomic E-state index is 0.373. The van der Waals surface area contributed by atoms with Crippen molar-refractivity contribution in [2.45, 2.75) is 32.7 Å². The van der Waals surface area contributed by atoms with Crippen molar-refractivity contribution in [2.24, 2.45) is 11.3 Å². The zero-order valence-corrected chi connectivity index (χ0v) is 8.31. The Morgan fingerprint density at radius 3 is 2.25 bits per heavy atom. The SMILES string of the molecule is CC(C)(C)C1CNC2(COC2)C1. The second-order valence-electron chi connectivity index (χ2n) is 5.42. The molecule has 0 aromatic rings. The topological polar surface area (TPSA) is 21.3 Å². The monoisotopic (exact) mass is 169 g/mol. The van der Waals surface area contributed by atoms with E-state index in [9.17, 15) is 0 Å². The van der Waals surface area contributed by atoms with Gasteiger partial charge >= 0.3 is 0 Å². The molecule has 70 valence electrons. The summed E-state index contributed by atoms with van der Waals surface area (Å²) in [5, 5.41) is 3.60. The molecule has 2 saturated heterocycles. The van der Waals surface area contributed by atoms with Crippen molar-refractivity contribution in [1.29, 1.82) is 0 Å². The van der Waals surface area contributed by atoms with Crippen LogP contribution >= 0.6 is 0 Å². The van der Waals surface area contributed by atoms with Crippen LogP contribution in [0.5, 0.6) is 0 Å². The Hall–Kier alpha value is -0.0800. The average Bonchev–Trinajstić information content (AvgIpc) is 2.26. The van der Waals surface area contributed by atoms with Crippen molar-refractivity contribution >= 4 is 0 Å². The second-order valence-corrected chi connectivity index (χ2v) is 5.42. The minimum Gasteiger partial charge on any atom is -0.377 e. The maximum Gasteiger partial charge on any atom is 0.0672 e. The van der Waals surface area contributed by atoms with E-state index in [-0.39, 0.29) is 0 Å². The molecule has 2 aliphatic heterocycles. The summed E-state index contributed by atoms with van der Waals surface area (Å²) in [6.45, 7) is 10.0. The van der Waals surface area contributed by atoms with Crippen LogP contribution in [-0.2, 0) is 4.74 Å². The summed E-state index contributed by atoms with van der Waals surface area (Å²) in [4.78, 5) is 0. The van der Waals surface area contributed by atoms with Crippen molar-refractivity contribution in [3.8, 4) is 0 Å². The Labute approximate surface area is 74.7 Å². The van der Waals surface area contributed by atoms with E-state index >= 15 is 0 Å². The maximum absolute atomic E-state index is 5.26. The van der Waals surface area contributed by atoms with Gasteiger partial charge in [0.1, 0.15) is 0 Å². The Morgan fingerprint density at radius 2 is 2.00 bits per heavy atom. The Kier molecular flexibility index (Phi) is 1.74. The molecule has 1 atom stereocenters. The van der Waals surface area contributed by atoms with E-state index in [0.717, 1.165) is 19.1 Å². The fraction of sp³-hybridized carbons (Fsp3) is 1.00. The number of ether oxygens (including phenoxy) is 1. The van der Waals surface area contributed by atoms with Gasteiger partial charge in [-0.1, -0.05) is 20.8 Å². The fourth-order valence-corrected chi connectivity index (χ4v) is 2.14. The molecule has 2 rings (SSSR count). The summed E-state index contributed by atoms with van der Waals surface area (Å²) < 4.78 is 5.26. The highest BCUT2D eigenvalue weighted by molar-refractivity contribution is 5.03. The molecule has 0 aliphatic carbocycles. The van der Waals surface area contributed by atoms with Gasteiger partial charge in [-0.25, -0.2) is 0 Å². The van der Waals surface area contributed by atoms with Gasteiger partial charge in [-0.15, -0.1) is 0 Å². The maximum atomic E-state index is 5.26. The first-order valence-corrected chi connectivity index (χ1v) is 4.85. The molecule has 0 aromatic heterocycles. The van der Waals surface area contributed by atoms with E-state index in [1.165, 1.54) is 13.0 Å². The van der Waals surface area contributed by atoms with E-state index in [2.05, 4.69) is 26.1 Å². The zero-order valence-electron chi connectivity index (χ0n) is 8.31. The van der Waals surface area contributed by atoms with Crippen LogP contribution in [0.15, 0.2) is 0 Å². The summed E-state index contributed by atoms with van der Waals surface area (Å²) in [7, 11) is 0. The van der Waals surface area contributed by atoms with Crippen molar-refractivity contribution in [3.05, 3.63) is 0 Å². The molecule has 1 unspecified atom stereocenters. The standard InChI is InChI=1S/C10H19NO/c1-9(2,3)8-4-10(11-5-8)6-12-7-10/h8,11H,4-7H2,1-3H3. The third-order valence-electron chi connectivity index (χ3n) is 3.34. The first kappa shape index (κ1) is 8.52. The molecule has 2 nitrogen and oxygen atoms in total. The van der Waals surface area contributed by atoms with E-state index in [4.69, 9.17) is 4.74 Å². The number of hydrogen-bond donors (Lipinski definition) is 1. The van der Waals surface area contributed by atoms with Crippen molar-refractivity contribution in [2.75, 3.05) is 19.8 Å². The van der Waals surface area contributed by atoms with E-state index in [1.54, 1.807) is 0 Å². The molecular weight excluding hydrogens is 150 g/mol. The van der Waals surface area contributed by atoms with Gasteiger partial charge in [0, 0.05) is 0 Å². The lowest BCUT2D eigenvalue weighted by Crippen LogP contribution is -2.56. The Balaban J connectivity index is 1.98. The molecule has 0 bridgehead atoms. The molecule has 0 aromatic carbocycles. The summed E-state index contributed by atoms with van der Waals surface area (Å²) >= 11 is 0. The molecule has 1 N–H and O–H groups in total. The molecule has 0 saturated carbocycles. The lowest BCUT2D eigenvalue weighted by Gasteiger charge is -2.39. The lowest BCUT2D eigenvalue weighted by molar-refractivity contribution is -0.0676. The van der Waals surface area contributed by atoms with Crippen LogP contribution in [0, 0.1) is 11.3 Å². The van der Waals surface area contributed by atoms with Gasteiger partial charge in [-0.2, -0.15) is 0 Å². The van der Waals surface area contributed by atoms with Gasteiger partial charge in [0.05, 0.1) is 18.8 Å². The van der Waals surface area contributed by atoms with Crippen LogP contribution in [0.3, 0.4) is 0 Å². The first-order chi connectivity index (χ1) is 5.52. The summed E-state index contributed by atoms with van der Waals surface area (Å²) in [6, 6.07) is 0. The largest absolute Gasteiger partial charge is 0.377 e. The van der Waals surface area contributed by atoms with Crippen LogP contribution in [0.4, 0.5) is 0 Å². The number of nitrogens with one attached hydrogen (secondary N) is 1. The van der Waals surface area contributed by atoms with Crippen LogP contribution in [-0.4, -0.2) is 25.3 Å². The highest BCUT2D eigenvalue weighted by Gasteiger charge is 2.47. The summed E-state index contributed by atoms with van der Waals surface area (Å²) in [6.07, 6.45) is 1.30. The van der Waals surface area contributed by atoms with E-state index in [0.29, 0.717) is 11.0 Å². The molecule has 2 heterocycles. The molecule has 12 heavy (non-hydrogen) atoms. The smallest absolute Gasteiger partial charge is 0.0672 e. The Morgan fingerprint density at radius 1 is 1.33 bits per heavy atom. The van der Waals surface area contributed by atoms with Gasteiger partial charge in [0.15, 0.2) is 0 Å². The molecule has 2 aliphatic rings. The molecule has 0 radical (unpaired) electrons. The van der Waals surface area contributed by atoms with Gasteiger partial charge < -0.3 is 10.1 Å². The predicted molar refractivity (Wildman–Crippen MR) is 49.1 cm³/mol. The lowest BCUT2D eigenvalue weighted by atomic mass is 9.76. The van der Waals surface area contributed by atoms with Crippen LogP contribution in [0.1, 0.15) is 27.2 Å². The third-order valence-corrected chi connectivity index (χ3v) is 3.34. The first-order valence-electron chi connectivity index (χ1n) is 4.85. The van der Waals surface area contributed by atoms with Gasteiger partial charge in [0.2, 0.25) is 0 Å². The predicted octanol–water partition coefficient (Wildman–Crippen LogP) is 1.41. The van der Waals surface area contributed by atoms with E-state index in [1.807, 2.05) is 0 Å². The highest BCUT2D eigenvalue weighted by Crippen LogP contribution is 2.39. The van der Waals surface area contributed by atoms with Crippen LogP contribution in [0.2, 0.25) is 0 Å². The van der Waals surface area contributed by atoms with Gasteiger partial charge in [-0.3, -0.25) is 0 Å². The normalized spacial score (nSPS) is 33.8. The molecular formula is C10H19NO. The number of rotatable bonds is 0. The fourth-order valence-electron chi connectivity index (χ4n) is 2.14. The molecule has 2 fully saturated rings. The Bertz CT molecular complexity index is 179. The summed E-state index contributed by atoms with van der Waals surface area (Å²) in [5.74, 6) is 0.821. The van der Waals surface area contributed by atoms with Crippen LogP contribution in [0.25, 0.3) is 0 Å². The molecule has 2 heteroatoms. The highest BCUT2D eigenvalue weighted by atomic mass is 16.5. The quantitative estimate of drug-likeness (QED) is 0.592. The van der Waals surface area contributed by atoms with Crippen molar-refractivity contribution in [3.63, 3.8) is 0 Å². The number of hydrogen-bond acceptors (Lipinski definition) is 2. The molecule has 0 amide bonds. The van der Waals surface area contributed by atoms with Crippen LogP contribution < -0.4 is 5.32 Å². The minimum absolute atomic E-state index is 0.373. The van der Waals surface area contributed by atoms with Gasteiger partial charge in [-0.05, 0) is 24.3 Å².